The Morgan fingerprint density at radius 1 is 1.26 bits per heavy atom. The third kappa shape index (κ3) is 2.22. The minimum atomic E-state index is -0.152. The molecule has 0 fully saturated rings. The number of amides is 1. The fourth-order valence-corrected chi connectivity index (χ4v) is 2.74. The fraction of sp³-hybridized carbons (Fsp3) is 0.125. The summed E-state index contributed by atoms with van der Waals surface area (Å²) in [4.78, 5) is 20.0. The minimum Gasteiger partial charge on any atom is -0.310 e. The van der Waals surface area contributed by atoms with Crippen molar-refractivity contribution in [3.8, 4) is 11.3 Å². The van der Waals surface area contributed by atoms with E-state index in [9.17, 15) is 4.79 Å². The average Bonchev–Trinajstić information content (AvgIpc) is 3.11. The topological polar surface area (TPSA) is 88.0 Å². The Labute approximate surface area is 131 Å². The molecular formula is C16H14N6O. The summed E-state index contributed by atoms with van der Waals surface area (Å²) in [5.41, 5.74) is 4.63. The Morgan fingerprint density at radius 3 is 2.96 bits per heavy atom. The summed E-state index contributed by atoms with van der Waals surface area (Å²) in [5.74, 6) is 0.357. The first-order valence-electron chi connectivity index (χ1n) is 7.17. The van der Waals surface area contributed by atoms with Crippen LogP contribution >= 0.6 is 0 Å². The number of fused-ring (bicyclic) bond motifs is 2. The molecule has 1 amide bonds. The summed E-state index contributed by atoms with van der Waals surface area (Å²) in [6, 6.07) is 4.05. The Bertz CT molecular complexity index is 1050. The molecule has 0 aliphatic carbocycles. The number of nitrogens with one attached hydrogen (secondary N) is 2. The van der Waals surface area contributed by atoms with Crippen LogP contribution in [0.4, 0.5) is 5.82 Å². The molecule has 0 spiro atoms. The van der Waals surface area contributed by atoms with Crippen LogP contribution in [0, 0.1) is 6.92 Å². The molecule has 2 N–H and O–H groups in total. The molecule has 0 aliphatic rings. The maximum atomic E-state index is 11.2. The summed E-state index contributed by atoms with van der Waals surface area (Å²) in [5, 5.41) is 10.8. The van der Waals surface area contributed by atoms with Crippen molar-refractivity contribution >= 4 is 28.3 Å². The van der Waals surface area contributed by atoms with E-state index in [-0.39, 0.29) is 5.91 Å². The Balaban J connectivity index is 1.89. The number of benzene rings is 1. The van der Waals surface area contributed by atoms with Crippen molar-refractivity contribution in [1.29, 1.82) is 0 Å². The molecular weight excluding hydrogens is 292 g/mol. The number of hydrogen-bond acceptors (Lipinski definition) is 4. The van der Waals surface area contributed by atoms with Crippen LogP contribution in [0.25, 0.3) is 27.8 Å². The number of aryl methyl sites for hydroxylation is 1. The molecule has 0 aliphatic heterocycles. The van der Waals surface area contributed by atoms with Crippen molar-refractivity contribution in [1.82, 2.24) is 24.6 Å². The monoisotopic (exact) mass is 306 g/mol. The second-order valence-corrected chi connectivity index (χ2v) is 5.43. The van der Waals surface area contributed by atoms with Crippen LogP contribution < -0.4 is 5.32 Å². The highest BCUT2D eigenvalue weighted by atomic mass is 16.1. The average molecular weight is 306 g/mol. The molecule has 0 atom stereocenters. The Hall–Kier alpha value is -3.22. The van der Waals surface area contributed by atoms with E-state index >= 15 is 0 Å². The lowest BCUT2D eigenvalue weighted by Crippen LogP contribution is -2.05. The molecule has 0 unspecified atom stereocenters. The van der Waals surface area contributed by atoms with Crippen LogP contribution in [0.15, 0.2) is 36.9 Å². The maximum Gasteiger partial charge on any atom is 0.222 e. The number of rotatable bonds is 2. The van der Waals surface area contributed by atoms with Crippen LogP contribution in [0.1, 0.15) is 12.5 Å². The van der Waals surface area contributed by atoms with Crippen LogP contribution in [-0.4, -0.2) is 30.5 Å². The van der Waals surface area contributed by atoms with Crippen molar-refractivity contribution in [3.05, 3.63) is 42.5 Å². The third-order valence-corrected chi connectivity index (χ3v) is 3.73. The molecule has 23 heavy (non-hydrogen) atoms. The quantitative estimate of drug-likeness (QED) is 0.595. The zero-order valence-electron chi connectivity index (χ0n) is 12.7. The van der Waals surface area contributed by atoms with Gasteiger partial charge in [0.25, 0.3) is 0 Å². The van der Waals surface area contributed by atoms with Crippen molar-refractivity contribution in [2.24, 2.45) is 0 Å². The van der Waals surface area contributed by atoms with Crippen LogP contribution in [0.2, 0.25) is 0 Å². The molecule has 0 radical (unpaired) electrons. The number of hydrogen-bond donors (Lipinski definition) is 2. The van der Waals surface area contributed by atoms with E-state index in [0.717, 1.165) is 27.7 Å². The molecule has 0 saturated heterocycles. The van der Waals surface area contributed by atoms with E-state index in [1.807, 2.05) is 29.7 Å². The molecule has 114 valence electrons. The van der Waals surface area contributed by atoms with Gasteiger partial charge in [-0.2, -0.15) is 5.10 Å². The highest BCUT2D eigenvalue weighted by Crippen LogP contribution is 2.29. The van der Waals surface area contributed by atoms with Gasteiger partial charge in [0.2, 0.25) is 5.91 Å². The summed E-state index contributed by atoms with van der Waals surface area (Å²) in [6.07, 6.45) is 7.17. The van der Waals surface area contributed by atoms with Crippen LogP contribution in [-0.2, 0) is 4.79 Å². The Kier molecular flexibility index (Phi) is 2.87. The van der Waals surface area contributed by atoms with Gasteiger partial charge in [0.05, 0.1) is 29.8 Å². The maximum absolute atomic E-state index is 11.2. The largest absolute Gasteiger partial charge is 0.310 e. The number of imidazole rings is 1. The SMILES string of the molecule is CC(=O)Nc1cn2cc(-c3c(C)ccc4[nH]ncc34)ncc2n1. The second-order valence-electron chi connectivity index (χ2n) is 5.43. The molecule has 0 saturated carbocycles. The van der Waals surface area contributed by atoms with Crippen molar-refractivity contribution in [2.75, 3.05) is 5.32 Å². The van der Waals surface area contributed by atoms with Gasteiger partial charge >= 0.3 is 0 Å². The van der Waals surface area contributed by atoms with Crippen molar-refractivity contribution < 1.29 is 4.79 Å². The number of carbonyl (C=O) groups excluding carboxylic acids is 1. The zero-order valence-corrected chi connectivity index (χ0v) is 12.7. The number of aromatic amines is 1. The second kappa shape index (κ2) is 4.91. The molecule has 7 heteroatoms. The van der Waals surface area contributed by atoms with Gasteiger partial charge in [-0.25, -0.2) is 4.98 Å². The van der Waals surface area contributed by atoms with Gasteiger partial charge in [-0.15, -0.1) is 0 Å². The smallest absolute Gasteiger partial charge is 0.222 e. The van der Waals surface area contributed by atoms with Crippen LogP contribution in [0.3, 0.4) is 0 Å². The summed E-state index contributed by atoms with van der Waals surface area (Å²) < 4.78 is 1.85. The first kappa shape index (κ1) is 13.4. The van der Waals surface area contributed by atoms with Gasteiger partial charge in [-0.3, -0.25) is 14.9 Å². The highest BCUT2D eigenvalue weighted by Gasteiger charge is 2.12. The number of aromatic nitrogens is 5. The zero-order chi connectivity index (χ0) is 16.0. The molecule has 7 nitrogen and oxygen atoms in total. The van der Waals surface area contributed by atoms with Gasteiger partial charge in [0.15, 0.2) is 11.5 Å². The lowest BCUT2D eigenvalue weighted by atomic mass is 10.0. The number of H-pyrrole nitrogens is 1. The normalized spacial score (nSPS) is 11.2. The van der Waals surface area contributed by atoms with Crippen LogP contribution in [0.5, 0.6) is 0 Å². The highest BCUT2D eigenvalue weighted by molar-refractivity contribution is 5.95. The lowest BCUT2D eigenvalue weighted by molar-refractivity contribution is -0.114. The van der Waals surface area contributed by atoms with Crippen molar-refractivity contribution in [3.63, 3.8) is 0 Å². The van der Waals surface area contributed by atoms with Crippen molar-refractivity contribution in [2.45, 2.75) is 13.8 Å². The number of anilines is 1. The number of nitrogens with zero attached hydrogens (tertiary/aromatic N) is 4. The van der Waals surface area contributed by atoms with Gasteiger partial charge in [-0.1, -0.05) is 6.07 Å². The summed E-state index contributed by atoms with van der Waals surface area (Å²) in [6.45, 7) is 3.50. The molecule has 3 heterocycles. The van der Waals surface area contributed by atoms with Gasteiger partial charge in [0.1, 0.15) is 0 Å². The third-order valence-electron chi connectivity index (χ3n) is 3.73. The predicted molar refractivity (Wildman–Crippen MR) is 87.1 cm³/mol. The summed E-state index contributed by atoms with van der Waals surface area (Å²) >= 11 is 0. The van der Waals surface area contributed by atoms with E-state index in [1.54, 1.807) is 18.6 Å². The van der Waals surface area contributed by atoms with E-state index in [1.165, 1.54) is 6.92 Å². The predicted octanol–water partition coefficient (Wildman–Crippen LogP) is 2.54. The molecule has 0 bridgehead atoms. The Morgan fingerprint density at radius 2 is 2.13 bits per heavy atom. The van der Waals surface area contributed by atoms with E-state index in [0.29, 0.717) is 11.5 Å². The minimum absolute atomic E-state index is 0.152. The van der Waals surface area contributed by atoms with E-state index in [2.05, 4.69) is 25.5 Å². The summed E-state index contributed by atoms with van der Waals surface area (Å²) in [7, 11) is 0. The fourth-order valence-electron chi connectivity index (χ4n) is 2.74. The number of carbonyl (C=O) groups is 1. The molecule has 3 aromatic heterocycles. The molecule has 4 rings (SSSR count). The molecule has 1 aromatic carbocycles. The first-order chi connectivity index (χ1) is 11.1. The van der Waals surface area contributed by atoms with Gasteiger partial charge in [-0.05, 0) is 18.6 Å². The van der Waals surface area contributed by atoms with E-state index in [4.69, 9.17) is 0 Å². The van der Waals surface area contributed by atoms with Gasteiger partial charge < -0.3 is 9.72 Å². The van der Waals surface area contributed by atoms with E-state index < -0.39 is 0 Å². The van der Waals surface area contributed by atoms with Gasteiger partial charge in [0, 0.05) is 24.1 Å². The molecule has 4 aromatic rings. The standard InChI is InChI=1S/C16H14N6O/c1-9-3-4-12-11(5-18-21-12)16(9)13-7-22-8-14(19-10(2)23)20-15(22)6-17-13/h3-8H,1-2H3,(H,18,21)(H,19,23). The first-order valence-corrected chi connectivity index (χ1v) is 7.17. The lowest BCUT2D eigenvalue weighted by Gasteiger charge is -2.07.